The molecule has 0 saturated carbocycles. The fourth-order valence-corrected chi connectivity index (χ4v) is 8.04. The summed E-state index contributed by atoms with van der Waals surface area (Å²) in [7, 11) is -3.68. The Labute approximate surface area is 200 Å². The number of halogens is 1. The molecule has 1 saturated heterocycles. The van der Waals surface area contributed by atoms with Crippen LogP contribution in [0.5, 0.6) is 0 Å². The molecule has 168 valence electrons. The number of fused-ring (bicyclic) bond motifs is 1. The molecule has 1 aliphatic rings. The Kier molecular flexibility index (Phi) is 6.61. The molecule has 3 aromatic rings. The van der Waals surface area contributed by atoms with E-state index < -0.39 is 15.9 Å². The maximum absolute atomic E-state index is 13.1. The third-order valence-corrected chi connectivity index (χ3v) is 10.2. The highest BCUT2D eigenvalue weighted by Crippen LogP contribution is 2.31. The van der Waals surface area contributed by atoms with Crippen molar-refractivity contribution in [3.8, 4) is 12.3 Å². The van der Waals surface area contributed by atoms with E-state index in [1.165, 1.54) is 21.7 Å². The van der Waals surface area contributed by atoms with Crippen LogP contribution in [0, 0.1) is 32.1 Å². The number of hydrogen-bond acceptors (Lipinski definition) is 5. The zero-order chi connectivity index (χ0) is 23.0. The Morgan fingerprint density at radius 2 is 2.03 bits per heavy atom. The first-order chi connectivity index (χ1) is 15.2. The Bertz CT molecular complexity index is 1410. The first-order valence-electron chi connectivity index (χ1n) is 10.1. The van der Waals surface area contributed by atoms with Crippen LogP contribution in [0.1, 0.15) is 24.0 Å². The van der Waals surface area contributed by atoms with Gasteiger partial charge in [-0.05, 0) is 62.1 Å². The summed E-state index contributed by atoms with van der Waals surface area (Å²) in [5, 5.41) is 0. The minimum Gasteiger partial charge on any atom is -0.305 e. The number of thiazole rings is 1. The summed E-state index contributed by atoms with van der Waals surface area (Å²) < 4.78 is 30.8. The Hall–Kier alpha value is -1.96. The lowest BCUT2D eigenvalue weighted by atomic mass is 9.99. The molecule has 32 heavy (non-hydrogen) atoms. The molecule has 0 N–H and O–H groups in total. The van der Waals surface area contributed by atoms with Crippen LogP contribution >= 0.6 is 34.3 Å². The quantitative estimate of drug-likeness (QED) is 0.497. The molecule has 1 aromatic carbocycles. The fourth-order valence-electron chi connectivity index (χ4n) is 3.76. The summed E-state index contributed by atoms with van der Waals surface area (Å²) in [6.07, 6.45) is 6.76. The van der Waals surface area contributed by atoms with Crippen LogP contribution in [0.2, 0.25) is 4.34 Å². The molecule has 1 aliphatic heterocycles. The zero-order valence-electron chi connectivity index (χ0n) is 17.7. The van der Waals surface area contributed by atoms with Crippen LogP contribution in [0.3, 0.4) is 0 Å². The van der Waals surface area contributed by atoms with E-state index in [0.717, 1.165) is 32.7 Å². The number of thiophene rings is 1. The van der Waals surface area contributed by atoms with Crippen molar-refractivity contribution in [2.24, 2.45) is 10.9 Å². The van der Waals surface area contributed by atoms with Crippen molar-refractivity contribution in [2.75, 3.05) is 13.1 Å². The topological polar surface area (TPSA) is 71.7 Å². The van der Waals surface area contributed by atoms with Gasteiger partial charge in [-0.15, -0.1) is 17.8 Å². The second-order valence-corrected chi connectivity index (χ2v) is 12.7. The lowest BCUT2D eigenvalue weighted by Crippen LogP contribution is -2.42. The SMILES string of the molecule is C#CCn1c(=NC(=O)C2CCCN(S(=O)(=O)c3ccc(Cl)s3)C2)sc2cc(C)c(C)cc21. The van der Waals surface area contributed by atoms with Crippen LogP contribution in [-0.4, -0.2) is 36.3 Å². The van der Waals surface area contributed by atoms with Crippen LogP contribution in [0.4, 0.5) is 0 Å². The molecule has 1 unspecified atom stereocenters. The highest BCUT2D eigenvalue weighted by atomic mass is 35.5. The van der Waals surface area contributed by atoms with E-state index in [-0.39, 0.29) is 16.7 Å². The normalized spacial score (nSPS) is 18.2. The van der Waals surface area contributed by atoms with Crippen LogP contribution in [-0.2, 0) is 21.4 Å². The fraction of sp³-hybridized carbons (Fsp3) is 0.364. The van der Waals surface area contributed by atoms with E-state index in [9.17, 15) is 13.2 Å². The molecule has 0 spiro atoms. The number of carbonyl (C=O) groups excluding carboxylic acids is 1. The predicted molar refractivity (Wildman–Crippen MR) is 130 cm³/mol. The number of aryl methyl sites for hydroxylation is 2. The van der Waals surface area contributed by atoms with E-state index in [1.807, 2.05) is 18.4 Å². The number of nitrogens with zero attached hydrogens (tertiary/aromatic N) is 3. The molecular formula is C22H22ClN3O3S3. The number of aromatic nitrogens is 1. The standard InChI is InChI=1S/C22H22ClN3O3S3/c1-4-9-26-17-11-14(2)15(3)12-18(17)30-22(26)24-21(27)16-6-5-10-25(13-16)32(28,29)20-8-7-19(23)31-20/h1,7-8,11-12,16H,5-6,9-10,13H2,2-3H3. The first-order valence-corrected chi connectivity index (χ1v) is 13.5. The van der Waals surface area contributed by atoms with Crippen molar-refractivity contribution in [1.82, 2.24) is 8.87 Å². The highest BCUT2D eigenvalue weighted by Gasteiger charge is 2.34. The van der Waals surface area contributed by atoms with Gasteiger partial charge in [-0.2, -0.15) is 9.30 Å². The van der Waals surface area contributed by atoms with E-state index in [2.05, 4.69) is 23.0 Å². The van der Waals surface area contributed by atoms with Crippen molar-refractivity contribution < 1.29 is 13.2 Å². The van der Waals surface area contributed by atoms with Crippen molar-refractivity contribution in [3.63, 3.8) is 0 Å². The van der Waals surface area contributed by atoms with Gasteiger partial charge in [-0.1, -0.05) is 28.9 Å². The molecule has 6 nitrogen and oxygen atoms in total. The van der Waals surface area contributed by atoms with Gasteiger partial charge < -0.3 is 4.57 Å². The average Bonchev–Trinajstić information content (AvgIpc) is 3.33. The molecule has 2 aromatic heterocycles. The van der Waals surface area contributed by atoms with E-state index >= 15 is 0 Å². The van der Waals surface area contributed by atoms with E-state index in [0.29, 0.717) is 35.1 Å². The summed E-state index contributed by atoms with van der Waals surface area (Å²) in [6.45, 7) is 4.86. The van der Waals surface area contributed by atoms with Gasteiger partial charge in [0.05, 0.1) is 27.0 Å². The van der Waals surface area contributed by atoms with Gasteiger partial charge in [0.1, 0.15) is 4.21 Å². The zero-order valence-corrected chi connectivity index (χ0v) is 20.9. The van der Waals surface area contributed by atoms with Crippen molar-refractivity contribution in [3.05, 3.63) is 44.5 Å². The van der Waals surface area contributed by atoms with Gasteiger partial charge in [0.2, 0.25) is 0 Å². The largest absolute Gasteiger partial charge is 0.305 e. The molecule has 1 atom stereocenters. The van der Waals surface area contributed by atoms with Gasteiger partial charge in [0.15, 0.2) is 4.80 Å². The summed E-state index contributed by atoms with van der Waals surface area (Å²) in [5.41, 5.74) is 3.25. The molecule has 10 heteroatoms. The molecular weight excluding hydrogens is 486 g/mol. The molecule has 0 bridgehead atoms. The van der Waals surface area contributed by atoms with Crippen molar-refractivity contribution in [1.29, 1.82) is 0 Å². The number of hydrogen-bond donors (Lipinski definition) is 0. The van der Waals surface area contributed by atoms with Gasteiger partial charge in [0, 0.05) is 13.1 Å². The third-order valence-electron chi connectivity index (χ3n) is 5.63. The lowest BCUT2D eigenvalue weighted by Gasteiger charge is -2.29. The molecule has 4 rings (SSSR count). The van der Waals surface area contributed by atoms with Gasteiger partial charge in [-0.25, -0.2) is 8.42 Å². The number of amides is 1. The number of benzene rings is 1. The number of carbonyl (C=O) groups is 1. The molecule has 0 aliphatic carbocycles. The van der Waals surface area contributed by atoms with Crippen molar-refractivity contribution >= 4 is 60.4 Å². The van der Waals surface area contributed by atoms with E-state index in [4.69, 9.17) is 18.0 Å². The summed E-state index contributed by atoms with van der Waals surface area (Å²) in [4.78, 5) is 18.0. The maximum atomic E-state index is 13.1. The number of terminal acetylenes is 1. The van der Waals surface area contributed by atoms with Crippen molar-refractivity contribution in [2.45, 2.75) is 37.4 Å². The first kappa shape index (κ1) is 23.2. The second kappa shape index (κ2) is 9.12. The smallest absolute Gasteiger partial charge is 0.252 e. The number of rotatable bonds is 4. The van der Waals surface area contributed by atoms with Gasteiger partial charge in [-0.3, -0.25) is 4.79 Å². The Morgan fingerprint density at radius 3 is 2.72 bits per heavy atom. The maximum Gasteiger partial charge on any atom is 0.252 e. The molecule has 1 fully saturated rings. The van der Waals surface area contributed by atoms with Gasteiger partial charge >= 0.3 is 0 Å². The highest BCUT2D eigenvalue weighted by molar-refractivity contribution is 7.91. The van der Waals surface area contributed by atoms with Gasteiger partial charge in [0.25, 0.3) is 15.9 Å². The monoisotopic (exact) mass is 507 g/mol. The lowest BCUT2D eigenvalue weighted by molar-refractivity contribution is -0.122. The molecule has 1 amide bonds. The third kappa shape index (κ3) is 4.43. The second-order valence-electron chi connectivity index (χ2n) is 7.79. The number of piperidine rings is 1. The van der Waals surface area contributed by atoms with Crippen LogP contribution in [0.25, 0.3) is 10.2 Å². The molecule has 0 radical (unpaired) electrons. The number of sulfonamides is 1. The van der Waals surface area contributed by atoms with E-state index in [1.54, 1.807) is 6.07 Å². The molecule has 3 heterocycles. The Morgan fingerprint density at radius 1 is 1.28 bits per heavy atom. The van der Waals surface area contributed by atoms with Crippen LogP contribution < -0.4 is 4.80 Å². The van der Waals surface area contributed by atoms with Crippen LogP contribution in [0.15, 0.2) is 33.5 Å². The summed E-state index contributed by atoms with van der Waals surface area (Å²) in [6, 6.07) is 7.20. The minimum absolute atomic E-state index is 0.110. The minimum atomic E-state index is -3.68. The summed E-state index contributed by atoms with van der Waals surface area (Å²) >= 11 is 8.36. The Balaban J connectivity index is 1.65. The summed E-state index contributed by atoms with van der Waals surface area (Å²) in [5.74, 6) is 1.82. The average molecular weight is 508 g/mol. The predicted octanol–water partition coefficient (Wildman–Crippen LogP) is 4.20.